The van der Waals surface area contributed by atoms with E-state index in [0.29, 0.717) is 6.54 Å². The lowest BCUT2D eigenvalue weighted by Gasteiger charge is -2.05. The van der Waals surface area contributed by atoms with E-state index in [0.717, 1.165) is 11.1 Å². The molecule has 6 heteroatoms. The van der Waals surface area contributed by atoms with Crippen molar-refractivity contribution >= 4 is 11.6 Å². The van der Waals surface area contributed by atoms with E-state index < -0.39 is 11.7 Å². The van der Waals surface area contributed by atoms with E-state index >= 15 is 0 Å². The Morgan fingerprint density at radius 1 is 1.22 bits per heavy atom. The van der Waals surface area contributed by atoms with Gasteiger partial charge in [0.15, 0.2) is 5.69 Å². The normalized spacial score (nSPS) is 10.5. The summed E-state index contributed by atoms with van der Waals surface area (Å²) in [6, 6.07) is 14.2. The van der Waals surface area contributed by atoms with Crippen LogP contribution in [0.1, 0.15) is 21.6 Å². The quantitative estimate of drug-likeness (QED) is 0.806. The third-order valence-electron chi connectivity index (χ3n) is 3.33. The Bertz CT molecular complexity index is 830. The second-order valence-electron chi connectivity index (χ2n) is 5.22. The number of carbonyl (C=O) groups excluding carboxylic acids is 1. The summed E-state index contributed by atoms with van der Waals surface area (Å²) in [6.45, 7) is 2.34. The summed E-state index contributed by atoms with van der Waals surface area (Å²) in [4.78, 5) is 12.1. The van der Waals surface area contributed by atoms with Crippen molar-refractivity contribution in [1.82, 2.24) is 15.0 Å². The number of nitrogens with one attached hydrogen (secondary N) is 1. The highest BCUT2D eigenvalue weighted by molar-refractivity contribution is 6.02. The number of hydrogen-bond acceptors (Lipinski definition) is 3. The highest BCUT2D eigenvalue weighted by Gasteiger charge is 2.13. The van der Waals surface area contributed by atoms with E-state index in [-0.39, 0.29) is 11.4 Å². The van der Waals surface area contributed by atoms with Crippen LogP contribution in [0.15, 0.2) is 54.7 Å². The zero-order chi connectivity index (χ0) is 16.2. The summed E-state index contributed by atoms with van der Waals surface area (Å²) >= 11 is 0. The fourth-order valence-electron chi connectivity index (χ4n) is 2.17. The monoisotopic (exact) mass is 310 g/mol. The standard InChI is InChI=1S/C17H15FN4O/c1-12-7-8-14(18)15(9-12)19-17(23)16-11-22(21-20-16)10-13-5-3-2-4-6-13/h2-9,11H,10H2,1H3,(H,19,23). The number of nitrogens with zero attached hydrogens (tertiary/aromatic N) is 3. The van der Waals surface area contributed by atoms with Crippen LogP contribution >= 0.6 is 0 Å². The van der Waals surface area contributed by atoms with Crippen LogP contribution in [0.3, 0.4) is 0 Å². The lowest BCUT2D eigenvalue weighted by molar-refractivity contribution is 0.102. The molecule has 0 bridgehead atoms. The van der Waals surface area contributed by atoms with E-state index in [4.69, 9.17) is 0 Å². The van der Waals surface area contributed by atoms with Crippen molar-refractivity contribution in [3.63, 3.8) is 0 Å². The Labute approximate surface area is 132 Å². The van der Waals surface area contributed by atoms with Crippen molar-refractivity contribution < 1.29 is 9.18 Å². The Morgan fingerprint density at radius 2 is 2.00 bits per heavy atom. The van der Waals surface area contributed by atoms with Crippen LogP contribution in [0.2, 0.25) is 0 Å². The molecule has 5 nitrogen and oxygen atoms in total. The second-order valence-corrected chi connectivity index (χ2v) is 5.22. The van der Waals surface area contributed by atoms with Gasteiger partial charge in [-0.25, -0.2) is 9.07 Å². The minimum atomic E-state index is -0.492. The summed E-state index contributed by atoms with van der Waals surface area (Å²) in [6.07, 6.45) is 1.54. The molecule has 1 aromatic heterocycles. The van der Waals surface area contributed by atoms with Gasteiger partial charge in [0.2, 0.25) is 0 Å². The number of anilines is 1. The number of amides is 1. The number of carbonyl (C=O) groups is 1. The van der Waals surface area contributed by atoms with E-state index in [9.17, 15) is 9.18 Å². The maximum Gasteiger partial charge on any atom is 0.277 e. The SMILES string of the molecule is Cc1ccc(F)c(NC(=O)c2cn(Cc3ccccc3)nn2)c1. The van der Waals surface area contributed by atoms with Crippen molar-refractivity contribution in [3.05, 3.63) is 77.4 Å². The summed E-state index contributed by atoms with van der Waals surface area (Å²) in [5.74, 6) is -0.977. The average Bonchev–Trinajstić information content (AvgIpc) is 3.00. The number of benzene rings is 2. The van der Waals surface area contributed by atoms with Gasteiger partial charge in [-0.15, -0.1) is 5.10 Å². The summed E-state index contributed by atoms with van der Waals surface area (Å²) < 4.78 is 15.2. The molecule has 2 aromatic carbocycles. The molecule has 1 amide bonds. The zero-order valence-electron chi connectivity index (χ0n) is 12.5. The van der Waals surface area contributed by atoms with Gasteiger partial charge in [-0.2, -0.15) is 0 Å². The van der Waals surface area contributed by atoms with Crippen molar-refractivity contribution in [2.75, 3.05) is 5.32 Å². The molecule has 3 rings (SSSR count). The number of hydrogen-bond donors (Lipinski definition) is 1. The van der Waals surface area contributed by atoms with Crippen molar-refractivity contribution in [1.29, 1.82) is 0 Å². The Balaban J connectivity index is 1.72. The van der Waals surface area contributed by atoms with Gasteiger partial charge in [-0.1, -0.05) is 41.6 Å². The lowest BCUT2D eigenvalue weighted by atomic mass is 10.2. The number of aryl methyl sites for hydroxylation is 1. The van der Waals surface area contributed by atoms with Gasteiger partial charge in [0.25, 0.3) is 5.91 Å². The van der Waals surface area contributed by atoms with Crippen LogP contribution in [-0.2, 0) is 6.54 Å². The Morgan fingerprint density at radius 3 is 2.78 bits per heavy atom. The molecule has 0 atom stereocenters. The molecule has 1 heterocycles. The third kappa shape index (κ3) is 3.60. The molecule has 116 valence electrons. The smallest absolute Gasteiger partial charge is 0.277 e. The summed E-state index contributed by atoms with van der Waals surface area (Å²) in [5, 5.41) is 10.3. The second kappa shape index (κ2) is 6.39. The van der Waals surface area contributed by atoms with Gasteiger partial charge in [0, 0.05) is 0 Å². The van der Waals surface area contributed by atoms with Gasteiger partial charge in [-0.3, -0.25) is 4.79 Å². The van der Waals surface area contributed by atoms with Crippen molar-refractivity contribution in [2.24, 2.45) is 0 Å². The first-order valence-electron chi connectivity index (χ1n) is 7.13. The fraction of sp³-hybridized carbons (Fsp3) is 0.118. The molecule has 3 aromatic rings. The molecule has 1 N–H and O–H groups in total. The Kier molecular flexibility index (Phi) is 4.14. The highest BCUT2D eigenvalue weighted by atomic mass is 19.1. The molecule has 0 aliphatic rings. The predicted molar refractivity (Wildman–Crippen MR) is 84.7 cm³/mol. The molecule has 23 heavy (non-hydrogen) atoms. The first-order valence-corrected chi connectivity index (χ1v) is 7.13. The minimum absolute atomic E-state index is 0.132. The molecule has 0 saturated heterocycles. The largest absolute Gasteiger partial charge is 0.318 e. The van der Waals surface area contributed by atoms with Gasteiger partial charge < -0.3 is 5.32 Å². The first kappa shape index (κ1) is 14.9. The minimum Gasteiger partial charge on any atom is -0.318 e. The topological polar surface area (TPSA) is 59.8 Å². The molecule has 0 aliphatic carbocycles. The highest BCUT2D eigenvalue weighted by Crippen LogP contribution is 2.16. The molecule has 0 saturated carbocycles. The van der Waals surface area contributed by atoms with Crippen molar-refractivity contribution in [2.45, 2.75) is 13.5 Å². The van der Waals surface area contributed by atoms with Gasteiger partial charge in [-0.05, 0) is 30.2 Å². The zero-order valence-corrected chi connectivity index (χ0v) is 12.5. The van der Waals surface area contributed by atoms with Crippen LogP contribution < -0.4 is 5.32 Å². The van der Waals surface area contributed by atoms with Crippen molar-refractivity contribution in [3.8, 4) is 0 Å². The molecule has 0 spiro atoms. The van der Waals surface area contributed by atoms with Gasteiger partial charge >= 0.3 is 0 Å². The van der Waals surface area contributed by atoms with Gasteiger partial charge in [0.1, 0.15) is 5.82 Å². The first-order chi connectivity index (χ1) is 11.1. The fourth-order valence-corrected chi connectivity index (χ4v) is 2.17. The third-order valence-corrected chi connectivity index (χ3v) is 3.33. The average molecular weight is 310 g/mol. The van der Waals surface area contributed by atoms with E-state index in [1.54, 1.807) is 16.8 Å². The van der Waals surface area contributed by atoms with E-state index in [2.05, 4.69) is 15.6 Å². The Hall–Kier alpha value is -3.02. The maximum absolute atomic E-state index is 13.7. The van der Waals surface area contributed by atoms with Crippen LogP contribution in [0.5, 0.6) is 0 Å². The molecule has 0 radical (unpaired) electrons. The van der Waals surface area contributed by atoms with Crippen LogP contribution in [0, 0.1) is 12.7 Å². The molecular weight excluding hydrogens is 295 g/mol. The summed E-state index contributed by atoms with van der Waals surface area (Å²) in [5.41, 5.74) is 2.18. The van der Waals surface area contributed by atoms with E-state index in [1.807, 2.05) is 37.3 Å². The van der Waals surface area contributed by atoms with Crippen LogP contribution in [-0.4, -0.2) is 20.9 Å². The molecule has 0 unspecified atom stereocenters. The number of rotatable bonds is 4. The van der Waals surface area contributed by atoms with Gasteiger partial charge in [0.05, 0.1) is 18.4 Å². The van der Waals surface area contributed by atoms with Crippen LogP contribution in [0.25, 0.3) is 0 Å². The molecule has 0 fully saturated rings. The van der Waals surface area contributed by atoms with E-state index in [1.165, 1.54) is 12.3 Å². The van der Waals surface area contributed by atoms with Crippen LogP contribution in [0.4, 0.5) is 10.1 Å². The summed E-state index contributed by atoms with van der Waals surface area (Å²) in [7, 11) is 0. The molecular formula is C17H15FN4O. The molecule has 0 aliphatic heterocycles. The number of aromatic nitrogens is 3. The number of halogens is 1. The lowest BCUT2D eigenvalue weighted by Crippen LogP contribution is -2.13. The maximum atomic E-state index is 13.7. The predicted octanol–water partition coefficient (Wildman–Crippen LogP) is 3.03.